The predicted octanol–water partition coefficient (Wildman–Crippen LogP) is 1.53. The zero-order valence-corrected chi connectivity index (χ0v) is 8.12. The normalized spacial score (nSPS) is 27.7. The maximum atomic E-state index is 10.9. The molecule has 4 nitrogen and oxygen atoms in total. The van der Waals surface area contributed by atoms with E-state index in [1.54, 1.807) is 0 Å². The highest BCUT2D eigenvalue weighted by Gasteiger charge is 2.40. The van der Waals surface area contributed by atoms with Crippen molar-refractivity contribution in [1.29, 1.82) is 0 Å². The van der Waals surface area contributed by atoms with Crippen LogP contribution in [0.25, 0.3) is 0 Å². The summed E-state index contributed by atoms with van der Waals surface area (Å²) in [5.74, 6) is -0.918. The van der Waals surface area contributed by atoms with Gasteiger partial charge in [-0.25, -0.2) is 4.79 Å². The molecule has 0 saturated carbocycles. The summed E-state index contributed by atoms with van der Waals surface area (Å²) < 4.78 is 0. The van der Waals surface area contributed by atoms with Crippen LogP contribution in [0, 0.1) is 5.92 Å². The number of halogens is 1. The fraction of sp³-hybridized carbons (Fsp3) is 0.750. The first-order chi connectivity index (χ1) is 6.07. The van der Waals surface area contributed by atoms with Crippen molar-refractivity contribution < 1.29 is 14.7 Å². The van der Waals surface area contributed by atoms with Crippen molar-refractivity contribution in [1.82, 2.24) is 4.90 Å². The van der Waals surface area contributed by atoms with E-state index in [0.29, 0.717) is 6.54 Å². The fourth-order valence-corrected chi connectivity index (χ4v) is 2.01. The van der Waals surface area contributed by atoms with E-state index < -0.39 is 17.4 Å². The van der Waals surface area contributed by atoms with E-state index in [9.17, 15) is 9.59 Å². The molecule has 0 aromatic heterocycles. The molecule has 0 bridgehead atoms. The van der Waals surface area contributed by atoms with Crippen molar-refractivity contribution in [3.8, 4) is 0 Å². The van der Waals surface area contributed by atoms with Gasteiger partial charge in [-0.1, -0.05) is 13.3 Å². The van der Waals surface area contributed by atoms with E-state index in [2.05, 4.69) is 0 Å². The van der Waals surface area contributed by atoms with Gasteiger partial charge in [-0.15, -0.1) is 0 Å². The highest BCUT2D eigenvalue weighted by Crippen LogP contribution is 2.28. The Kier molecular flexibility index (Phi) is 3.14. The van der Waals surface area contributed by atoms with Crippen LogP contribution < -0.4 is 0 Å². The Balaban J connectivity index is 2.78. The first kappa shape index (κ1) is 10.3. The summed E-state index contributed by atoms with van der Waals surface area (Å²) >= 11 is 5.27. The maximum Gasteiger partial charge on any atom is 0.326 e. The highest BCUT2D eigenvalue weighted by atomic mass is 35.5. The second-order valence-corrected chi connectivity index (χ2v) is 3.51. The van der Waals surface area contributed by atoms with Crippen LogP contribution in [0.15, 0.2) is 0 Å². The van der Waals surface area contributed by atoms with Crippen molar-refractivity contribution in [2.45, 2.75) is 25.8 Å². The van der Waals surface area contributed by atoms with Gasteiger partial charge < -0.3 is 10.0 Å². The van der Waals surface area contributed by atoms with Gasteiger partial charge in [0.15, 0.2) is 0 Å². The molecular formula is C8H12ClNO3. The Morgan fingerprint density at radius 1 is 1.62 bits per heavy atom. The minimum absolute atomic E-state index is 0.0419. The molecule has 0 aliphatic carbocycles. The number of hydrogen-bond donors (Lipinski definition) is 1. The van der Waals surface area contributed by atoms with Gasteiger partial charge in [0.1, 0.15) is 6.04 Å². The molecule has 0 spiro atoms. The monoisotopic (exact) mass is 205 g/mol. The van der Waals surface area contributed by atoms with Crippen LogP contribution >= 0.6 is 11.6 Å². The molecule has 5 heteroatoms. The number of carbonyl (C=O) groups excluding carboxylic acids is 1. The lowest BCUT2D eigenvalue weighted by Crippen LogP contribution is -2.40. The molecule has 0 radical (unpaired) electrons. The van der Waals surface area contributed by atoms with Gasteiger partial charge in [-0.3, -0.25) is 4.79 Å². The van der Waals surface area contributed by atoms with E-state index >= 15 is 0 Å². The summed E-state index contributed by atoms with van der Waals surface area (Å²) in [5, 5.41) is 8.22. The minimum Gasteiger partial charge on any atom is -0.480 e. The molecule has 1 saturated heterocycles. The summed E-state index contributed by atoms with van der Waals surface area (Å²) in [6.45, 7) is 2.38. The second-order valence-electron chi connectivity index (χ2n) is 3.19. The van der Waals surface area contributed by atoms with Crippen molar-refractivity contribution in [3.05, 3.63) is 0 Å². The largest absolute Gasteiger partial charge is 0.480 e. The quantitative estimate of drug-likeness (QED) is 0.550. The zero-order valence-electron chi connectivity index (χ0n) is 7.36. The standard InChI is InChI=1S/C8H12ClNO3/c1-2-5-3-4-10(8(9)13)6(5)7(11)12/h5-6H,2-4H2,1H3,(H,11,12)/t5-,6-/m0/s1. The van der Waals surface area contributed by atoms with Gasteiger partial charge in [0, 0.05) is 6.54 Å². The number of aliphatic carboxylic acids is 1. The molecule has 0 aromatic carbocycles. The van der Waals surface area contributed by atoms with Crippen molar-refractivity contribution in [2.24, 2.45) is 5.92 Å². The summed E-state index contributed by atoms with van der Waals surface area (Å²) in [5.41, 5.74) is 0. The summed E-state index contributed by atoms with van der Waals surface area (Å²) in [6.07, 6.45) is 1.49. The van der Waals surface area contributed by atoms with Crippen LogP contribution in [0.5, 0.6) is 0 Å². The van der Waals surface area contributed by atoms with Gasteiger partial charge in [0.25, 0.3) is 0 Å². The van der Waals surface area contributed by atoms with Gasteiger partial charge in [0.05, 0.1) is 0 Å². The minimum atomic E-state index is -0.960. The third kappa shape index (κ3) is 1.94. The molecule has 2 atom stereocenters. The average molecular weight is 206 g/mol. The lowest BCUT2D eigenvalue weighted by atomic mass is 9.98. The zero-order chi connectivity index (χ0) is 10.0. The summed E-state index contributed by atoms with van der Waals surface area (Å²) in [7, 11) is 0. The summed E-state index contributed by atoms with van der Waals surface area (Å²) in [6, 6.07) is -0.727. The number of hydrogen-bond acceptors (Lipinski definition) is 2. The van der Waals surface area contributed by atoms with Crippen LogP contribution in [0.1, 0.15) is 19.8 Å². The Morgan fingerprint density at radius 3 is 2.62 bits per heavy atom. The van der Waals surface area contributed by atoms with Gasteiger partial charge in [-0.2, -0.15) is 0 Å². The van der Waals surface area contributed by atoms with E-state index in [4.69, 9.17) is 16.7 Å². The number of amides is 1. The van der Waals surface area contributed by atoms with Crippen LogP contribution in [-0.2, 0) is 4.79 Å². The smallest absolute Gasteiger partial charge is 0.326 e. The molecule has 74 valence electrons. The van der Waals surface area contributed by atoms with Gasteiger partial charge in [0.2, 0.25) is 0 Å². The highest BCUT2D eigenvalue weighted by molar-refractivity contribution is 6.63. The number of nitrogens with zero attached hydrogens (tertiary/aromatic N) is 1. The molecule has 1 aliphatic heterocycles. The van der Waals surface area contributed by atoms with E-state index in [0.717, 1.165) is 12.8 Å². The Labute approximate surface area is 81.5 Å². The van der Waals surface area contributed by atoms with Crippen LogP contribution in [0.2, 0.25) is 0 Å². The molecule has 1 amide bonds. The molecule has 0 aromatic rings. The first-order valence-corrected chi connectivity index (χ1v) is 4.64. The number of carboxylic acid groups (broad SMARTS) is 1. The third-order valence-corrected chi connectivity index (χ3v) is 2.74. The van der Waals surface area contributed by atoms with Crippen molar-refractivity contribution in [3.63, 3.8) is 0 Å². The van der Waals surface area contributed by atoms with E-state index in [-0.39, 0.29) is 5.92 Å². The SMILES string of the molecule is CC[C@H]1CCN(C(=O)Cl)[C@@H]1C(=O)O. The van der Waals surface area contributed by atoms with Crippen molar-refractivity contribution >= 4 is 22.9 Å². The number of carboxylic acids is 1. The molecule has 1 fully saturated rings. The summed E-state index contributed by atoms with van der Waals surface area (Å²) in [4.78, 5) is 22.9. The van der Waals surface area contributed by atoms with Crippen LogP contribution in [0.3, 0.4) is 0 Å². The van der Waals surface area contributed by atoms with Gasteiger partial charge in [-0.05, 0) is 23.9 Å². The Morgan fingerprint density at radius 2 is 2.23 bits per heavy atom. The first-order valence-electron chi connectivity index (χ1n) is 4.26. The maximum absolute atomic E-state index is 10.9. The topological polar surface area (TPSA) is 57.6 Å². The van der Waals surface area contributed by atoms with Crippen LogP contribution in [-0.4, -0.2) is 33.9 Å². The predicted molar refractivity (Wildman–Crippen MR) is 47.8 cm³/mol. The lowest BCUT2D eigenvalue weighted by Gasteiger charge is -2.21. The fourth-order valence-electron chi connectivity index (χ4n) is 1.82. The third-order valence-electron chi connectivity index (χ3n) is 2.53. The molecular weight excluding hydrogens is 194 g/mol. The number of rotatable bonds is 2. The van der Waals surface area contributed by atoms with Crippen LogP contribution in [0.4, 0.5) is 4.79 Å². The Hall–Kier alpha value is -0.770. The molecule has 1 aliphatic rings. The van der Waals surface area contributed by atoms with Gasteiger partial charge >= 0.3 is 11.3 Å². The van der Waals surface area contributed by atoms with Crippen molar-refractivity contribution in [2.75, 3.05) is 6.54 Å². The molecule has 1 heterocycles. The second kappa shape index (κ2) is 3.96. The molecule has 1 rings (SSSR count). The number of likely N-dealkylation sites (tertiary alicyclic amines) is 1. The average Bonchev–Trinajstić information content (AvgIpc) is 2.46. The molecule has 13 heavy (non-hydrogen) atoms. The number of carbonyl (C=O) groups is 2. The molecule has 0 unspecified atom stereocenters. The van der Waals surface area contributed by atoms with E-state index in [1.165, 1.54) is 4.90 Å². The van der Waals surface area contributed by atoms with E-state index in [1.807, 2.05) is 6.92 Å². The lowest BCUT2D eigenvalue weighted by molar-refractivity contribution is -0.142. The Bertz CT molecular complexity index is 231. The molecule has 1 N–H and O–H groups in total.